The molecule has 0 fully saturated rings. The van der Waals surface area contributed by atoms with E-state index in [0.29, 0.717) is 6.61 Å². The van der Waals surface area contributed by atoms with Crippen molar-refractivity contribution >= 4 is 23.8 Å². The minimum Gasteiger partial charge on any atom is -0.490 e. The van der Waals surface area contributed by atoms with E-state index in [1.54, 1.807) is 6.92 Å². The normalized spacial score (nSPS) is 12.1. The molecule has 0 saturated carbocycles. The van der Waals surface area contributed by atoms with E-state index in [9.17, 15) is 5.11 Å². The van der Waals surface area contributed by atoms with Crippen molar-refractivity contribution < 1.29 is 9.84 Å². The van der Waals surface area contributed by atoms with E-state index in [4.69, 9.17) is 4.74 Å². The smallest absolute Gasteiger partial charge is 0.127 e. The fraction of sp³-hybridized carbons (Fsp3) is 0.143. The Hall–Kier alpha value is -2.15. The first kappa shape index (κ1) is 16.7. The van der Waals surface area contributed by atoms with E-state index in [-0.39, 0.29) is 0 Å². The molecule has 2 nitrogen and oxygen atoms in total. The van der Waals surface area contributed by atoms with Gasteiger partial charge in [-0.05, 0) is 31.5 Å². The molecular formula is C21H21O2P. The molecule has 0 aliphatic rings. The fourth-order valence-electron chi connectivity index (χ4n) is 2.56. The lowest BCUT2D eigenvalue weighted by molar-refractivity contribution is 0.123. The average molecular weight is 336 g/mol. The SMILES string of the molecule is CC(O)COc1ccccc1P(c1ccccc1)c1ccccc1. The maximum Gasteiger partial charge on any atom is 0.127 e. The second kappa shape index (κ2) is 8.10. The van der Waals surface area contributed by atoms with Crippen LogP contribution < -0.4 is 20.7 Å². The second-order valence-corrected chi connectivity index (χ2v) is 7.82. The zero-order valence-corrected chi connectivity index (χ0v) is 14.6. The van der Waals surface area contributed by atoms with Crippen molar-refractivity contribution in [2.24, 2.45) is 0 Å². The molecule has 122 valence electrons. The summed E-state index contributed by atoms with van der Waals surface area (Å²) in [6, 6.07) is 29.2. The van der Waals surface area contributed by atoms with Gasteiger partial charge in [-0.15, -0.1) is 0 Å². The van der Waals surface area contributed by atoms with Crippen LogP contribution in [0.2, 0.25) is 0 Å². The van der Waals surface area contributed by atoms with Gasteiger partial charge in [0.15, 0.2) is 0 Å². The molecule has 0 spiro atoms. The van der Waals surface area contributed by atoms with E-state index < -0.39 is 14.0 Å². The van der Waals surface area contributed by atoms with Gasteiger partial charge in [-0.3, -0.25) is 0 Å². The topological polar surface area (TPSA) is 29.5 Å². The van der Waals surface area contributed by atoms with Crippen LogP contribution in [0.5, 0.6) is 5.75 Å². The van der Waals surface area contributed by atoms with E-state index in [0.717, 1.165) is 5.75 Å². The molecule has 0 aliphatic carbocycles. The van der Waals surface area contributed by atoms with Crippen molar-refractivity contribution in [2.75, 3.05) is 6.61 Å². The van der Waals surface area contributed by atoms with Crippen LogP contribution in [0.15, 0.2) is 84.9 Å². The molecule has 24 heavy (non-hydrogen) atoms. The Kier molecular flexibility index (Phi) is 5.63. The maximum absolute atomic E-state index is 9.56. The molecule has 3 aromatic carbocycles. The molecule has 0 aromatic heterocycles. The highest BCUT2D eigenvalue weighted by Crippen LogP contribution is 2.36. The predicted molar refractivity (Wildman–Crippen MR) is 102 cm³/mol. The third-order valence-electron chi connectivity index (χ3n) is 3.61. The second-order valence-electron chi connectivity index (χ2n) is 5.63. The predicted octanol–water partition coefficient (Wildman–Crippen LogP) is 3.20. The van der Waals surface area contributed by atoms with Gasteiger partial charge in [0.05, 0.1) is 6.10 Å². The van der Waals surface area contributed by atoms with Crippen LogP contribution in [-0.4, -0.2) is 17.8 Å². The lowest BCUT2D eigenvalue weighted by atomic mass is 10.3. The number of aliphatic hydroxyl groups is 1. The summed E-state index contributed by atoms with van der Waals surface area (Å²) in [6.45, 7) is 2.03. The molecule has 3 rings (SSSR count). The zero-order valence-electron chi connectivity index (χ0n) is 13.7. The summed E-state index contributed by atoms with van der Waals surface area (Å²) in [5.41, 5.74) is 0. The van der Waals surface area contributed by atoms with Crippen molar-refractivity contribution in [3.8, 4) is 5.75 Å². The van der Waals surface area contributed by atoms with Crippen molar-refractivity contribution in [1.82, 2.24) is 0 Å². The van der Waals surface area contributed by atoms with Crippen LogP contribution in [0.3, 0.4) is 0 Å². The number of hydrogen-bond acceptors (Lipinski definition) is 2. The van der Waals surface area contributed by atoms with E-state index in [1.807, 2.05) is 30.3 Å². The number of para-hydroxylation sites is 1. The molecule has 0 amide bonds. The Morgan fingerprint density at radius 1 is 0.792 bits per heavy atom. The summed E-state index contributed by atoms with van der Waals surface area (Å²) < 4.78 is 5.89. The minimum atomic E-state index is -0.704. The molecule has 1 atom stereocenters. The molecule has 0 bridgehead atoms. The fourth-order valence-corrected chi connectivity index (χ4v) is 4.95. The van der Waals surface area contributed by atoms with Gasteiger partial charge in [0, 0.05) is 5.30 Å². The number of aliphatic hydroxyl groups excluding tert-OH is 1. The lowest BCUT2D eigenvalue weighted by Gasteiger charge is -2.22. The molecule has 0 saturated heterocycles. The first-order chi connectivity index (χ1) is 11.8. The lowest BCUT2D eigenvalue weighted by Crippen LogP contribution is -2.23. The Morgan fingerprint density at radius 3 is 1.83 bits per heavy atom. The van der Waals surface area contributed by atoms with Crippen LogP contribution >= 0.6 is 7.92 Å². The summed E-state index contributed by atoms with van der Waals surface area (Å²) >= 11 is 0. The van der Waals surface area contributed by atoms with Crippen LogP contribution in [0.1, 0.15) is 6.92 Å². The molecular weight excluding hydrogens is 315 g/mol. The van der Waals surface area contributed by atoms with Crippen molar-refractivity contribution in [3.05, 3.63) is 84.9 Å². The Labute approximate surface area is 144 Å². The number of ether oxygens (including phenoxy) is 1. The first-order valence-corrected chi connectivity index (χ1v) is 9.40. The van der Waals surface area contributed by atoms with Gasteiger partial charge in [-0.25, -0.2) is 0 Å². The molecule has 0 heterocycles. The first-order valence-electron chi connectivity index (χ1n) is 8.06. The van der Waals surface area contributed by atoms with Gasteiger partial charge in [-0.2, -0.15) is 0 Å². The maximum atomic E-state index is 9.56. The largest absolute Gasteiger partial charge is 0.490 e. The number of rotatable bonds is 6. The highest BCUT2D eigenvalue weighted by Gasteiger charge is 2.20. The molecule has 3 aromatic rings. The van der Waals surface area contributed by atoms with E-state index in [2.05, 4.69) is 54.6 Å². The van der Waals surface area contributed by atoms with Crippen molar-refractivity contribution in [2.45, 2.75) is 13.0 Å². The minimum absolute atomic E-state index is 0.295. The standard InChI is InChI=1S/C21H21O2P/c1-17(22)16-23-20-14-8-9-15-21(20)24(18-10-4-2-5-11-18)19-12-6-3-7-13-19/h2-15,17,22H,16H2,1H3. The highest BCUT2D eigenvalue weighted by atomic mass is 31.1. The molecule has 1 unspecified atom stereocenters. The molecule has 0 radical (unpaired) electrons. The van der Waals surface area contributed by atoms with Crippen molar-refractivity contribution in [3.63, 3.8) is 0 Å². The third kappa shape index (κ3) is 4.03. The van der Waals surface area contributed by atoms with Crippen LogP contribution in [0.25, 0.3) is 0 Å². The summed E-state index contributed by atoms with van der Waals surface area (Å²) in [5.74, 6) is 0.845. The third-order valence-corrected chi connectivity index (χ3v) is 6.10. The van der Waals surface area contributed by atoms with Gasteiger partial charge < -0.3 is 9.84 Å². The van der Waals surface area contributed by atoms with Crippen LogP contribution in [0, 0.1) is 0 Å². The van der Waals surface area contributed by atoms with Crippen molar-refractivity contribution in [1.29, 1.82) is 0 Å². The Balaban J connectivity index is 2.07. The van der Waals surface area contributed by atoms with E-state index >= 15 is 0 Å². The highest BCUT2D eigenvalue weighted by molar-refractivity contribution is 7.80. The molecule has 3 heteroatoms. The summed E-state index contributed by atoms with van der Waals surface area (Å²) in [4.78, 5) is 0. The van der Waals surface area contributed by atoms with Gasteiger partial charge in [0.2, 0.25) is 0 Å². The van der Waals surface area contributed by atoms with Crippen LogP contribution in [0.4, 0.5) is 0 Å². The molecule has 0 aliphatic heterocycles. The quantitative estimate of drug-likeness (QED) is 0.701. The summed E-state index contributed by atoms with van der Waals surface area (Å²) in [6.07, 6.45) is -0.488. The Bertz CT molecular complexity index is 718. The summed E-state index contributed by atoms with van der Waals surface area (Å²) in [7, 11) is -0.704. The number of hydrogen-bond donors (Lipinski definition) is 1. The van der Waals surface area contributed by atoms with Crippen LogP contribution in [-0.2, 0) is 0 Å². The Morgan fingerprint density at radius 2 is 1.29 bits per heavy atom. The van der Waals surface area contributed by atoms with Gasteiger partial charge in [0.1, 0.15) is 12.4 Å². The van der Waals surface area contributed by atoms with Gasteiger partial charge >= 0.3 is 0 Å². The number of benzene rings is 3. The van der Waals surface area contributed by atoms with E-state index in [1.165, 1.54) is 15.9 Å². The zero-order chi connectivity index (χ0) is 16.8. The monoisotopic (exact) mass is 336 g/mol. The molecule has 1 N–H and O–H groups in total. The summed E-state index contributed by atoms with van der Waals surface area (Å²) in [5, 5.41) is 13.3. The van der Waals surface area contributed by atoms with Gasteiger partial charge in [0.25, 0.3) is 0 Å². The van der Waals surface area contributed by atoms with Gasteiger partial charge in [-0.1, -0.05) is 78.9 Å². The average Bonchev–Trinajstić information content (AvgIpc) is 2.63.